The Balaban J connectivity index is 2.57. The molecule has 1 aliphatic carbocycles. The van der Waals surface area contributed by atoms with Gasteiger partial charge < -0.3 is 0 Å². The van der Waals surface area contributed by atoms with E-state index in [4.69, 9.17) is 0 Å². The van der Waals surface area contributed by atoms with Crippen LogP contribution in [0.5, 0.6) is 0 Å². The van der Waals surface area contributed by atoms with Gasteiger partial charge in [-0.15, -0.1) is 0 Å². The number of allylic oxidation sites excluding steroid dienone is 2. The van der Waals surface area contributed by atoms with E-state index in [1.807, 2.05) is 12.3 Å². The van der Waals surface area contributed by atoms with E-state index in [0.29, 0.717) is 0 Å². The Morgan fingerprint density at radius 2 is 2.00 bits per heavy atom. The number of aromatic nitrogens is 1. The first-order chi connectivity index (χ1) is 6.50. The van der Waals surface area contributed by atoms with Crippen LogP contribution < -0.4 is 0 Å². The van der Waals surface area contributed by atoms with Gasteiger partial charge in [0.15, 0.2) is 0 Å². The summed E-state index contributed by atoms with van der Waals surface area (Å²) in [5.74, 6) is 0. The van der Waals surface area contributed by atoms with Gasteiger partial charge in [0.2, 0.25) is 0 Å². The second-order valence-electron chi connectivity index (χ2n) is 5.08. The highest BCUT2D eigenvalue weighted by Gasteiger charge is 2.28. The van der Waals surface area contributed by atoms with E-state index in [9.17, 15) is 0 Å². The highest BCUT2D eigenvalue weighted by molar-refractivity contribution is 5.77. The van der Waals surface area contributed by atoms with Crippen molar-refractivity contribution in [3.63, 3.8) is 0 Å². The quantitative estimate of drug-likeness (QED) is 0.606. The summed E-state index contributed by atoms with van der Waals surface area (Å²) in [5, 5.41) is 0. The summed E-state index contributed by atoms with van der Waals surface area (Å²) in [5.41, 5.74) is 5.80. The maximum atomic E-state index is 4.43. The molecule has 0 fully saturated rings. The molecule has 0 amide bonds. The third-order valence-corrected chi connectivity index (χ3v) is 2.77. The van der Waals surface area contributed by atoms with Gasteiger partial charge in [-0.3, -0.25) is 4.98 Å². The fourth-order valence-corrected chi connectivity index (χ4v) is 2.42. The standard InChI is InChI=1S/C13H17N/c1-9-8-11-10(6-5-7-14-11)12(9)13(2,3)4/h5-7H,8H2,1-4H3. The topological polar surface area (TPSA) is 12.9 Å². The van der Waals surface area contributed by atoms with Crippen molar-refractivity contribution in [3.8, 4) is 0 Å². The van der Waals surface area contributed by atoms with Crippen LogP contribution in [0.4, 0.5) is 0 Å². The second kappa shape index (κ2) is 2.94. The predicted octanol–water partition coefficient (Wildman–Crippen LogP) is 3.46. The molecule has 0 unspecified atom stereocenters. The average molecular weight is 187 g/mol. The monoisotopic (exact) mass is 187 g/mol. The molecule has 0 aliphatic heterocycles. The van der Waals surface area contributed by atoms with Gasteiger partial charge in [-0.05, 0) is 29.5 Å². The fraction of sp³-hybridized carbons (Fsp3) is 0.462. The minimum atomic E-state index is 0.234. The molecule has 1 nitrogen and oxygen atoms in total. The van der Waals surface area contributed by atoms with Crippen molar-refractivity contribution in [1.82, 2.24) is 4.98 Å². The Hall–Kier alpha value is -1.11. The smallest absolute Gasteiger partial charge is 0.0519 e. The lowest BCUT2D eigenvalue weighted by atomic mass is 9.82. The molecule has 0 saturated heterocycles. The molecule has 1 aliphatic rings. The van der Waals surface area contributed by atoms with Crippen LogP contribution in [0.3, 0.4) is 0 Å². The molecule has 0 saturated carbocycles. The SMILES string of the molecule is CC1=C(C(C)(C)C)c2cccnc2C1. The van der Waals surface area contributed by atoms with Crippen molar-refractivity contribution in [2.75, 3.05) is 0 Å². The minimum Gasteiger partial charge on any atom is -0.260 e. The molecular formula is C13H17N. The molecule has 1 aromatic heterocycles. The normalized spacial score (nSPS) is 16.0. The molecule has 1 aromatic rings. The molecule has 1 heterocycles. The molecule has 74 valence electrons. The Morgan fingerprint density at radius 1 is 1.29 bits per heavy atom. The first-order valence-electron chi connectivity index (χ1n) is 5.14. The molecule has 14 heavy (non-hydrogen) atoms. The van der Waals surface area contributed by atoms with Crippen molar-refractivity contribution in [1.29, 1.82) is 0 Å². The highest BCUT2D eigenvalue weighted by atomic mass is 14.7. The maximum absolute atomic E-state index is 4.43. The van der Waals surface area contributed by atoms with E-state index >= 15 is 0 Å². The van der Waals surface area contributed by atoms with Gasteiger partial charge in [0, 0.05) is 12.6 Å². The minimum absolute atomic E-state index is 0.234. The third kappa shape index (κ3) is 1.37. The average Bonchev–Trinajstić information content (AvgIpc) is 2.38. The van der Waals surface area contributed by atoms with Crippen LogP contribution in [0.2, 0.25) is 0 Å². The van der Waals surface area contributed by atoms with E-state index in [-0.39, 0.29) is 5.41 Å². The summed E-state index contributed by atoms with van der Waals surface area (Å²) in [6.45, 7) is 9.04. The number of hydrogen-bond donors (Lipinski definition) is 0. The Bertz CT molecular complexity index is 394. The molecule has 0 radical (unpaired) electrons. The van der Waals surface area contributed by atoms with E-state index in [2.05, 4.69) is 38.7 Å². The van der Waals surface area contributed by atoms with Crippen LogP contribution in [0.25, 0.3) is 5.57 Å². The summed E-state index contributed by atoms with van der Waals surface area (Å²) < 4.78 is 0. The number of fused-ring (bicyclic) bond motifs is 1. The zero-order chi connectivity index (χ0) is 10.3. The van der Waals surface area contributed by atoms with Crippen LogP contribution in [0, 0.1) is 5.41 Å². The van der Waals surface area contributed by atoms with Crippen molar-refractivity contribution in [3.05, 3.63) is 35.2 Å². The first-order valence-corrected chi connectivity index (χ1v) is 5.14. The highest BCUT2D eigenvalue weighted by Crippen LogP contribution is 2.42. The number of nitrogens with zero attached hydrogens (tertiary/aromatic N) is 1. The zero-order valence-electron chi connectivity index (χ0n) is 9.39. The van der Waals surface area contributed by atoms with Crippen LogP contribution in [-0.2, 0) is 6.42 Å². The van der Waals surface area contributed by atoms with E-state index in [1.165, 1.54) is 22.4 Å². The molecule has 0 bridgehead atoms. The molecule has 0 spiro atoms. The molecule has 0 N–H and O–H groups in total. The van der Waals surface area contributed by atoms with Crippen LogP contribution in [0.15, 0.2) is 23.9 Å². The van der Waals surface area contributed by atoms with E-state index in [1.54, 1.807) is 0 Å². The van der Waals surface area contributed by atoms with Gasteiger partial charge in [0.05, 0.1) is 5.69 Å². The summed E-state index contributed by atoms with van der Waals surface area (Å²) >= 11 is 0. The summed E-state index contributed by atoms with van der Waals surface area (Å²) in [7, 11) is 0. The van der Waals surface area contributed by atoms with Gasteiger partial charge in [-0.2, -0.15) is 0 Å². The van der Waals surface area contributed by atoms with Crippen molar-refractivity contribution in [2.45, 2.75) is 34.1 Å². The fourth-order valence-electron chi connectivity index (χ4n) is 2.42. The second-order valence-corrected chi connectivity index (χ2v) is 5.08. The number of hydrogen-bond acceptors (Lipinski definition) is 1. The summed E-state index contributed by atoms with van der Waals surface area (Å²) in [6.07, 6.45) is 2.92. The summed E-state index contributed by atoms with van der Waals surface area (Å²) in [6, 6.07) is 4.22. The number of pyridine rings is 1. The molecule has 2 rings (SSSR count). The Kier molecular flexibility index (Phi) is 1.99. The van der Waals surface area contributed by atoms with Gasteiger partial charge in [0.25, 0.3) is 0 Å². The lowest BCUT2D eigenvalue weighted by molar-refractivity contribution is 0.565. The van der Waals surface area contributed by atoms with E-state index in [0.717, 1.165) is 6.42 Å². The van der Waals surface area contributed by atoms with Gasteiger partial charge in [0.1, 0.15) is 0 Å². The molecule has 0 atom stereocenters. The molecule has 0 aromatic carbocycles. The van der Waals surface area contributed by atoms with Crippen LogP contribution in [0.1, 0.15) is 39.0 Å². The Labute approximate surface area is 85.9 Å². The van der Waals surface area contributed by atoms with Gasteiger partial charge in [-0.25, -0.2) is 0 Å². The molecule has 1 heteroatoms. The van der Waals surface area contributed by atoms with Crippen molar-refractivity contribution in [2.24, 2.45) is 5.41 Å². The van der Waals surface area contributed by atoms with Crippen LogP contribution in [-0.4, -0.2) is 4.98 Å². The van der Waals surface area contributed by atoms with Gasteiger partial charge >= 0.3 is 0 Å². The van der Waals surface area contributed by atoms with Crippen molar-refractivity contribution >= 4 is 5.57 Å². The lowest BCUT2D eigenvalue weighted by Crippen LogP contribution is -2.08. The largest absolute Gasteiger partial charge is 0.260 e. The summed E-state index contributed by atoms with van der Waals surface area (Å²) in [4.78, 5) is 4.43. The zero-order valence-corrected chi connectivity index (χ0v) is 9.39. The van der Waals surface area contributed by atoms with E-state index < -0.39 is 0 Å². The maximum Gasteiger partial charge on any atom is 0.0519 e. The Morgan fingerprint density at radius 3 is 2.64 bits per heavy atom. The van der Waals surface area contributed by atoms with Crippen molar-refractivity contribution < 1.29 is 0 Å². The first kappa shape index (κ1) is 9.45. The van der Waals surface area contributed by atoms with Crippen LogP contribution >= 0.6 is 0 Å². The lowest BCUT2D eigenvalue weighted by Gasteiger charge is -2.22. The molecular weight excluding hydrogens is 170 g/mol. The number of rotatable bonds is 0. The third-order valence-electron chi connectivity index (χ3n) is 2.77. The predicted molar refractivity (Wildman–Crippen MR) is 60.0 cm³/mol. The van der Waals surface area contributed by atoms with Gasteiger partial charge in [-0.1, -0.05) is 32.4 Å².